The fourth-order valence-electron chi connectivity index (χ4n) is 0.930. The van der Waals surface area contributed by atoms with Crippen molar-refractivity contribution >= 4 is 11.8 Å². The van der Waals surface area contributed by atoms with E-state index in [1.54, 1.807) is 16.8 Å². The molecule has 0 amide bonds. The molecule has 0 aliphatic heterocycles. The van der Waals surface area contributed by atoms with E-state index in [2.05, 4.69) is 10.3 Å². The molecule has 0 fully saturated rings. The molecule has 0 spiro atoms. The molecule has 0 atom stereocenters. The number of carbonyl (C=O) groups excluding carboxylic acids is 1. The lowest BCUT2D eigenvalue weighted by atomic mass is 10.5. The molecular weight excluding hydrogens is 130 g/mol. The van der Waals surface area contributed by atoms with Crippen LogP contribution in [0.15, 0.2) is 18.3 Å². The number of H-pyrrole nitrogens is 1. The first-order chi connectivity index (χ1) is 4.92. The summed E-state index contributed by atoms with van der Waals surface area (Å²) in [7, 11) is 0. The Labute approximate surface area is 56.4 Å². The minimum absolute atomic E-state index is 0.590. The van der Waals surface area contributed by atoms with Gasteiger partial charge < -0.3 is 0 Å². The summed E-state index contributed by atoms with van der Waals surface area (Å²) < 4.78 is 1.62. The first-order valence-corrected chi connectivity index (χ1v) is 2.88. The van der Waals surface area contributed by atoms with Crippen molar-refractivity contribution in [2.75, 3.05) is 0 Å². The fraction of sp³-hybridized carbons (Fsp3) is 0. The summed E-state index contributed by atoms with van der Waals surface area (Å²) in [5.41, 5.74) is 1.50. The average molecular weight is 135 g/mol. The number of aromatic amines is 1. The Bertz CT molecular complexity index is 360. The number of hydrogen-bond donors (Lipinski definition) is 1. The lowest BCUT2D eigenvalue weighted by molar-refractivity contribution is 0.111. The van der Waals surface area contributed by atoms with Crippen LogP contribution in [-0.2, 0) is 0 Å². The van der Waals surface area contributed by atoms with Crippen molar-refractivity contribution < 1.29 is 4.79 Å². The second kappa shape index (κ2) is 1.70. The molecule has 2 aromatic rings. The van der Waals surface area contributed by atoms with Gasteiger partial charge in [0.1, 0.15) is 5.69 Å². The smallest absolute Gasteiger partial charge is 0.168 e. The molecular formula is C6H5N3O. The van der Waals surface area contributed by atoms with Crippen LogP contribution in [0.5, 0.6) is 0 Å². The van der Waals surface area contributed by atoms with Crippen LogP contribution in [0.25, 0.3) is 5.52 Å². The van der Waals surface area contributed by atoms with Crippen LogP contribution in [0.4, 0.5) is 0 Å². The van der Waals surface area contributed by atoms with Crippen LogP contribution in [0.2, 0.25) is 0 Å². The van der Waals surface area contributed by atoms with Crippen molar-refractivity contribution in [3.05, 3.63) is 24.0 Å². The zero-order chi connectivity index (χ0) is 6.97. The molecule has 2 heterocycles. The summed E-state index contributed by atoms with van der Waals surface area (Å²) in [5, 5.41) is 6.40. The Kier molecular flexibility index (Phi) is 0.887. The van der Waals surface area contributed by atoms with E-state index in [4.69, 9.17) is 0 Å². The van der Waals surface area contributed by atoms with Crippen molar-refractivity contribution in [3.63, 3.8) is 0 Å². The topological polar surface area (TPSA) is 50.2 Å². The molecule has 1 N–H and O–H groups in total. The van der Waals surface area contributed by atoms with E-state index in [1.807, 2.05) is 6.07 Å². The highest BCUT2D eigenvalue weighted by atomic mass is 16.1. The number of nitrogens with one attached hydrogen (secondary N) is 1. The molecule has 10 heavy (non-hydrogen) atoms. The summed E-state index contributed by atoms with van der Waals surface area (Å²) >= 11 is 0. The van der Waals surface area contributed by atoms with Gasteiger partial charge in [-0.2, -0.15) is 5.10 Å². The number of carbonyl (C=O) groups is 1. The number of rotatable bonds is 1. The SMILES string of the molecule is O=Cc1ccc2cn[nH]n12. The highest BCUT2D eigenvalue weighted by Crippen LogP contribution is 2.03. The number of hydrogen-bond acceptors (Lipinski definition) is 2. The molecule has 2 aromatic heterocycles. The lowest BCUT2D eigenvalue weighted by Gasteiger charge is -1.83. The van der Waals surface area contributed by atoms with E-state index >= 15 is 0 Å². The maximum Gasteiger partial charge on any atom is 0.168 e. The maximum atomic E-state index is 10.3. The highest BCUT2D eigenvalue weighted by molar-refractivity contribution is 5.75. The molecule has 0 aliphatic carbocycles. The zero-order valence-corrected chi connectivity index (χ0v) is 5.11. The third-order valence-electron chi connectivity index (χ3n) is 1.42. The zero-order valence-electron chi connectivity index (χ0n) is 5.11. The van der Waals surface area contributed by atoms with Gasteiger partial charge in [-0.1, -0.05) is 0 Å². The second-order valence-electron chi connectivity index (χ2n) is 1.99. The number of aldehydes is 1. The van der Waals surface area contributed by atoms with Gasteiger partial charge >= 0.3 is 0 Å². The molecule has 4 heteroatoms. The molecule has 0 radical (unpaired) electrons. The first kappa shape index (κ1) is 5.22. The summed E-state index contributed by atoms with van der Waals surface area (Å²) in [6.07, 6.45) is 2.44. The average Bonchev–Trinajstić information content (AvgIpc) is 2.44. The van der Waals surface area contributed by atoms with Crippen molar-refractivity contribution in [2.24, 2.45) is 0 Å². The minimum Gasteiger partial charge on any atom is -0.296 e. The first-order valence-electron chi connectivity index (χ1n) is 2.88. The van der Waals surface area contributed by atoms with Gasteiger partial charge in [0.2, 0.25) is 0 Å². The summed E-state index contributed by atoms with van der Waals surface area (Å²) in [6, 6.07) is 3.56. The van der Waals surface area contributed by atoms with Gasteiger partial charge in [0.05, 0.1) is 11.7 Å². The number of aromatic nitrogens is 3. The van der Waals surface area contributed by atoms with E-state index in [9.17, 15) is 4.79 Å². The van der Waals surface area contributed by atoms with Crippen molar-refractivity contribution in [2.45, 2.75) is 0 Å². The summed E-state index contributed by atoms with van der Waals surface area (Å²) in [5.74, 6) is 0. The fourth-order valence-corrected chi connectivity index (χ4v) is 0.930. The van der Waals surface area contributed by atoms with Gasteiger partial charge in [0.25, 0.3) is 0 Å². The van der Waals surface area contributed by atoms with Gasteiger partial charge in [-0.25, -0.2) is 9.73 Å². The molecule has 50 valence electrons. The maximum absolute atomic E-state index is 10.3. The van der Waals surface area contributed by atoms with Crippen LogP contribution < -0.4 is 0 Å². The largest absolute Gasteiger partial charge is 0.296 e. The van der Waals surface area contributed by atoms with E-state index < -0.39 is 0 Å². The van der Waals surface area contributed by atoms with Crippen LogP contribution in [0.3, 0.4) is 0 Å². The number of fused-ring (bicyclic) bond motifs is 1. The Hall–Kier alpha value is -1.58. The van der Waals surface area contributed by atoms with E-state index in [0.29, 0.717) is 5.69 Å². The van der Waals surface area contributed by atoms with Crippen molar-refractivity contribution in [1.82, 2.24) is 14.8 Å². The van der Waals surface area contributed by atoms with E-state index in [1.165, 1.54) is 0 Å². The highest BCUT2D eigenvalue weighted by Gasteiger charge is 1.98. The molecule has 0 saturated heterocycles. The van der Waals surface area contributed by atoms with E-state index in [0.717, 1.165) is 11.8 Å². The quantitative estimate of drug-likeness (QED) is 0.578. The van der Waals surface area contributed by atoms with Crippen LogP contribution in [-0.4, -0.2) is 21.1 Å². The third-order valence-corrected chi connectivity index (χ3v) is 1.42. The molecule has 0 bridgehead atoms. The standard InChI is InChI=1S/C6H5N3O/c10-4-6-2-1-5-3-7-8-9(5)6/h1-4,8H. The van der Waals surface area contributed by atoms with Crippen molar-refractivity contribution in [3.8, 4) is 0 Å². The Balaban J connectivity index is 2.88. The summed E-state index contributed by atoms with van der Waals surface area (Å²) in [4.78, 5) is 10.3. The summed E-state index contributed by atoms with van der Waals surface area (Å²) in [6.45, 7) is 0. The van der Waals surface area contributed by atoms with Gasteiger partial charge in [-0.3, -0.25) is 4.79 Å². The molecule has 4 nitrogen and oxygen atoms in total. The van der Waals surface area contributed by atoms with Gasteiger partial charge in [-0.05, 0) is 12.1 Å². The normalized spacial score (nSPS) is 10.4. The van der Waals surface area contributed by atoms with Gasteiger partial charge in [0, 0.05) is 0 Å². The molecule has 0 aromatic carbocycles. The van der Waals surface area contributed by atoms with Crippen LogP contribution in [0, 0.1) is 0 Å². The van der Waals surface area contributed by atoms with Crippen LogP contribution >= 0.6 is 0 Å². The Morgan fingerprint density at radius 1 is 1.60 bits per heavy atom. The number of nitrogens with zero attached hydrogens (tertiary/aromatic N) is 2. The molecule has 0 unspecified atom stereocenters. The predicted octanol–water partition coefficient (Wildman–Crippen LogP) is 0.475. The molecule has 2 rings (SSSR count). The van der Waals surface area contributed by atoms with E-state index in [-0.39, 0.29) is 0 Å². The molecule has 0 saturated carbocycles. The lowest BCUT2D eigenvalue weighted by Crippen LogP contribution is -1.89. The third kappa shape index (κ3) is 0.500. The predicted molar refractivity (Wildman–Crippen MR) is 34.9 cm³/mol. The Morgan fingerprint density at radius 3 is 3.30 bits per heavy atom. The molecule has 0 aliphatic rings. The monoisotopic (exact) mass is 135 g/mol. The second-order valence-corrected chi connectivity index (χ2v) is 1.99. The van der Waals surface area contributed by atoms with Crippen LogP contribution in [0.1, 0.15) is 10.5 Å². The Morgan fingerprint density at radius 2 is 2.50 bits per heavy atom. The van der Waals surface area contributed by atoms with Gasteiger partial charge in [0.15, 0.2) is 6.29 Å². The van der Waals surface area contributed by atoms with Crippen molar-refractivity contribution in [1.29, 1.82) is 0 Å². The minimum atomic E-state index is 0.590. The van der Waals surface area contributed by atoms with Gasteiger partial charge in [-0.15, -0.1) is 0 Å².